The Morgan fingerprint density at radius 2 is 0.816 bits per heavy atom. The lowest BCUT2D eigenvalue weighted by Gasteiger charge is -2.32. The Kier molecular flexibility index (Phi) is 29.9. The zero-order valence-corrected chi connectivity index (χ0v) is 79.5. The summed E-state index contributed by atoms with van der Waals surface area (Å²) in [5.74, 6) is -0.833. The summed E-state index contributed by atoms with van der Waals surface area (Å²) in [6.45, 7) is 29.9. The molecular formula is C101H109BBrF5I2N10O5. The third-order valence-electron chi connectivity index (χ3n) is 24.7. The predicted octanol–water partition coefficient (Wildman–Crippen LogP) is 27.0. The monoisotopic (exact) mass is 1980 g/mol. The van der Waals surface area contributed by atoms with Crippen molar-refractivity contribution in [2.24, 2.45) is 0 Å². The maximum Gasteiger partial charge on any atom is 0.495 e. The maximum absolute atomic E-state index is 14.2. The molecule has 0 spiro atoms. The highest BCUT2D eigenvalue weighted by Gasteiger charge is 2.52. The first-order valence-corrected chi connectivity index (χ1v) is 46.5. The van der Waals surface area contributed by atoms with Gasteiger partial charge in [0.05, 0.1) is 57.4 Å². The Bertz CT molecular complexity index is 6350. The van der Waals surface area contributed by atoms with Gasteiger partial charge in [-0.3, -0.25) is 10.2 Å². The molecule has 4 aliphatic rings. The van der Waals surface area contributed by atoms with Crippen LogP contribution in [0.3, 0.4) is 0 Å². The van der Waals surface area contributed by atoms with E-state index in [0.29, 0.717) is 27.8 Å². The molecule has 0 amide bonds. The van der Waals surface area contributed by atoms with Gasteiger partial charge in [-0.1, -0.05) is 123 Å². The molecule has 3 unspecified atom stereocenters. The molecule has 15 nitrogen and oxygen atoms in total. The minimum atomic E-state index is -0.491. The van der Waals surface area contributed by atoms with Crippen molar-refractivity contribution in [2.45, 2.75) is 217 Å². The van der Waals surface area contributed by atoms with Crippen LogP contribution < -0.4 is 5.46 Å². The van der Waals surface area contributed by atoms with Gasteiger partial charge in [0.25, 0.3) is 0 Å². The lowest BCUT2D eigenvalue weighted by atomic mass is 9.75. The molecule has 0 aliphatic carbocycles. The number of aryl methyl sites for hydroxylation is 10. The number of H-pyrrole nitrogens is 2. The molecule has 3 atom stereocenters. The van der Waals surface area contributed by atoms with Crippen molar-refractivity contribution in [3.05, 3.63) is 267 Å². The second kappa shape index (κ2) is 40.5. The number of halogens is 8. The van der Waals surface area contributed by atoms with Gasteiger partial charge in [0.1, 0.15) is 36.5 Å². The maximum atomic E-state index is 14.2. The highest BCUT2D eigenvalue weighted by Crippen LogP contribution is 2.41. The number of ether oxygens (including phenoxy) is 3. The first-order valence-electron chi connectivity index (χ1n) is 43.6. The van der Waals surface area contributed by atoms with Gasteiger partial charge in [-0.15, -0.1) is 0 Å². The SMILES string of the molecule is Brc1ccc2cnn(C3CCCCO3)c2c1.CCc1cc(C)c(F)cc1-c1ccc2c(I)[nH]nc2c1.CCc1cc(C)c(F)cc1-c1ccc2c(I)nn(C3CCCCO3)c2c1.CCc1cc(C)c(F)cc1-c1ccc2cn[nH]c2c1.CCc1cc(C)c(F)cc1-c1ccc2cnn(C3CCCCO3)c2c1.CCc1cc(C)c(F)cc1B1OC(C)(C)C(C)(C)O1. The smallest absolute Gasteiger partial charge is 0.399 e. The fourth-order valence-corrected chi connectivity index (χ4v) is 18.2. The van der Waals surface area contributed by atoms with E-state index in [1.165, 1.54) is 18.4 Å². The van der Waals surface area contributed by atoms with Gasteiger partial charge < -0.3 is 23.5 Å². The summed E-state index contributed by atoms with van der Waals surface area (Å²) in [6, 6.07) is 48.7. The highest BCUT2D eigenvalue weighted by atomic mass is 127. The Morgan fingerprint density at radius 1 is 0.424 bits per heavy atom. The Balaban J connectivity index is 0.000000123. The summed E-state index contributed by atoms with van der Waals surface area (Å²) in [5, 5.41) is 33.4. The standard InChI is InChI=1S/C21H22FIN2O.C21H23FN2O.C16H14FIN2.C16H15FN2.C15H22BFO2.C12H13BrN2O/c1-3-14-10-13(2)18(22)12-17(14)15-7-8-16-19(11-15)25(24-21(16)23)20-6-4-5-9-26-20;1-3-15-10-14(2)19(22)12-18(15)16-7-8-17-13-23-24(20(17)11-16)21-6-4-5-9-25-21;1-3-10-6-9(2)14(17)8-13(10)11-4-5-12-15(7-11)19-20-16(12)18;1-3-11-6-10(2)15(17)8-14(11)12-4-5-13-9-18-19-16(13)7-12;1-7-11-8-10(2)13(17)9-12(11)16-18-14(3,4)15(5,6)19-16;13-10-5-4-9-8-14-15(11(9)7-10)12-3-1-2-6-16-12/h7-8,10-12,20H,3-6,9H2,1-2H3;7-8,10-13,21H,3-6,9H2,1-2H3;4-8H,3H2,1-2H3,(H,19,20);4-9H,3H2,1-2H3,(H,18,19);8-9H,7H2,1-6H3;4-5,7-8,12H,1-3,6H2. The summed E-state index contributed by atoms with van der Waals surface area (Å²) in [5.41, 5.74) is 22.3. The molecule has 0 saturated carbocycles. The van der Waals surface area contributed by atoms with Crippen LogP contribution in [0.4, 0.5) is 22.0 Å². The summed E-state index contributed by atoms with van der Waals surface area (Å²) in [4.78, 5) is 0. The van der Waals surface area contributed by atoms with Crippen molar-refractivity contribution in [2.75, 3.05) is 19.8 Å². The van der Waals surface area contributed by atoms with Crippen LogP contribution >= 0.6 is 61.1 Å². The number of fused-ring (bicyclic) bond motifs is 5. The average Bonchev–Trinajstić information content (AvgIpc) is 1.57. The van der Waals surface area contributed by atoms with Crippen LogP contribution in [0.1, 0.15) is 194 Å². The van der Waals surface area contributed by atoms with E-state index in [1.54, 1.807) is 57.3 Å². The lowest BCUT2D eigenvalue weighted by molar-refractivity contribution is -0.0369. The molecular weight excluding hydrogens is 1870 g/mol. The fraction of sp³-hybridized carbons (Fsp3) is 0.356. The molecule has 9 heterocycles. The van der Waals surface area contributed by atoms with E-state index >= 15 is 0 Å². The fourth-order valence-electron chi connectivity index (χ4n) is 16.6. The molecule has 5 aromatic heterocycles. The number of hydrogen-bond acceptors (Lipinski definition) is 10. The van der Waals surface area contributed by atoms with Crippen molar-refractivity contribution in [3.63, 3.8) is 0 Å². The number of nitrogens with zero attached hydrogens (tertiary/aromatic N) is 8. The predicted molar refractivity (Wildman–Crippen MR) is 515 cm³/mol. The van der Waals surface area contributed by atoms with Gasteiger partial charge in [0.15, 0.2) is 18.7 Å². The Labute approximate surface area is 765 Å². The van der Waals surface area contributed by atoms with Crippen molar-refractivity contribution < 1.29 is 45.5 Å². The van der Waals surface area contributed by atoms with Gasteiger partial charge in [-0.25, -0.2) is 36.0 Å². The third-order valence-corrected chi connectivity index (χ3v) is 26.8. The Morgan fingerprint density at radius 3 is 1.27 bits per heavy atom. The molecule has 24 heteroatoms. The van der Waals surface area contributed by atoms with Crippen LogP contribution in [0.25, 0.3) is 99.0 Å². The van der Waals surface area contributed by atoms with Crippen molar-refractivity contribution in [3.8, 4) is 44.5 Å². The summed E-state index contributed by atoms with van der Waals surface area (Å²) in [7, 11) is -0.491. The van der Waals surface area contributed by atoms with E-state index in [0.717, 1.165) is 235 Å². The molecule has 4 aliphatic heterocycles. The normalized spacial score (nSPS) is 16.7. The minimum absolute atomic E-state index is 0.00176. The lowest BCUT2D eigenvalue weighted by Crippen LogP contribution is -2.41. The molecule has 0 radical (unpaired) electrons. The van der Waals surface area contributed by atoms with Crippen LogP contribution in [0.2, 0.25) is 0 Å². The van der Waals surface area contributed by atoms with Crippen LogP contribution in [-0.4, -0.2) is 87.9 Å². The van der Waals surface area contributed by atoms with Gasteiger partial charge in [-0.05, 0) is 382 Å². The number of aromatic amines is 2. The minimum Gasteiger partial charge on any atom is -0.399 e. The molecule has 4 fully saturated rings. The Hall–Kier alpha value is -9.00. The van der Waals surface area contributed by atoms with Crippen LogP contribution in [0, 0.1) is 71.1 Å². The number of aromatic nitrogens is 10. The average molecular weight is 1980 g/mol. The zero-order chi connectivity index (χ0) is 88.7. The number of rotatable bonds is 13. The van der Waals surface area contributed by atoms with Gasteiger partial charge in [0.2, 0.25) is 0 Å². The molecule has 19 rings (SSSR count). The number of benzene rings is 10. The molecule has 15 aromatic rings. The van der Waals surface area contributed by atoms with Crippen LogP contribution in [0.5, 0.6) is 0 Å². The van der Waals surface area contributed by atoms with E-state index < -0.39 is 18.3 Å². The quantitative estimate of drug-likeness (QED) is 0.0647. The molecule has 0 bridgehead atoms. The topological polar surface area (TPSA) is 157 Å². The second-order valence-electron chi connectivity index (χ2n) is 33.7. The second-order valence-corrected chi connectivity index (χ2v) is 36.7. The largest absolute Gasteiger partial charge is 0.495 e. The van der Waals surface area contributed by atoms with Crippen molar-refractivity contribution >= 4 is 128 Å². The van der Waals surface area contributed by atoms with Gasteiger partial charge in [-0.2, -0.15) is 25.5 Å². The molecule has 10 aromatic carbocycles. The summed E-state index contributed by atoms with van der Waals surface area (Å²) in [6.07, 6.45) is 20.0. The summed E-state index contributed by atoms with van der Waals surface area (Å²) >= 11 is 8.00. The van der Waals surface area contributed by atoms with Gasteiger partial charge >= 0.3 is 7.12 Å². The zero-order valence-electron chi connectivity index (χ0n) is 73.6. The first-order chi connectivity index (χ1) is 60.1. The van der Waals surface area contributed by atoms with Crippen molar-refractivity contribution in [1.29, 1.82) is 0 Å². The third kappa shape index (κ3) is 20.8. The highest BCUT2D eigenvalue weighted by molar-refractivity contribution is 14.1. The van der Waals surface area contributed by atoms with Crippen molar-refractivity contribution in [1.82, 2.24) is 49.7 Å². The first kappa shape index (κ1) is 92.2. The summed E-state index contributed by atoms with van der Waals surface area (Å²) < 4.78 is 109. The molecule has 4 saturated heterocycles. The molecule has 652 valence electrons. The van der Waals surface area contributed by atoms with E-state index in [2.05, 4.69) is 175 Å². The van der Waals surface area contributed by atoms with Gasteiger partial charge in [0, 0.05) is 51.2 Å². The van der Waals surface area contributed by atoms with Crippen LogP contribution in [0.15, 0.2) is 175 Å². The number of nitrogens with one attached hydrogen (secondary N) is 2. The molecule has 125 heavy (non-hydrogen) atoms. The van der Waals surface area contributed by atoms with E-state index in [-0.39, 0.29) is 47.8 Å². The van der Waals surface area contributed by atoms with Crippen LogP contribution in [-0.2, 0) is 55.6 Å². The van der Waals surface area contributed by atoms with E-state index in [1.807, 2.05) is 141 Å². The van der Waals surface area contributed by atoms with E-state index in [9.17, 15) is 22.0 Å². The number of hydrogen-bond donors (Lipinski definition) is 2. The molecule has 2 N–H and O–H groups in total. The van der Waals surface area contributed by atoms with E-state index in [4.69, 9.17) is 28.6 Å².